The van der Waals surface area contributed by atoms with Crippen LogP contribution >= 0.6 is 0 Å². The number of rotatable bonds is 5. The first-order chi connectivity index (χ1) is 7.61. The van der Waals surface area contributed by atoms with E-state index in [2.05, 4.69) is 0 Å². The Hall–Kier alpha value is -0.240. The highest BCUT2D eigenvalue weighted by Crippen LogP contribution is 2.21. The minimum atomic E-state index is -1.36. The monoisotopic (exact) mass is 236 g/mol. The van der Waals surface area contributed by atoms with Crippen LogP contribution < -0.4 is 0 Å². The van der Waals surface area contributed by atoms with Crippen LogP contribution in [0.15, 0.2) is 0 Å². The number of aliphatic hydroxyl groups is 4. The molecule has 5 atom stereocenters. The molecule has 0 radical (unpaired) electrons. The molecule has 1 saturated heterocycles. The van der Waals surface area contributed by atoms with Crippen LogP contribution in [0, 0.1) is 0 Å². The van der Waals surface area contributed by atoms with Crippen LogP contribution in [0.5, 0.6) is 0 Å². The summed E-state index contributed by atoms with van der Waals surface area (Å²) in [6.07, 6.45) is -4.13. The molecule has 1 rings (SSSR count). The highest BCUT2D eigenvalue weighted by molar-refractivity contribution is 4.88. The maximum atomic E-state index is 9.58. The number of hydrogen-bond acceptors (Lipinski definition) is 6. The molecule has 16 heavy (non-hydrogen) atoms. The summed E-state index contributed by atoms with van der Waals surface area (Å²) >= 11 is 0. The van der Waals surface area contributed by atoms with Crippen LogP contribution in [-0.2, 0) is 9.47 Å². The summed E-state index contributed by atoms with van der Waals surface area (Å²) in [5.74, 6) is 0. The molecule has 1 aliphatic heterocycles. The predicted octanol–water partition coefficient (Wildman–Crippen LogP) is -1.40. The van der Waals surface area contributed by atoms with Gasteiger partial charge >= 0.3 is 0 Å². The summed E-state index contributed by atoms with van der Waals surface area (Å²) in [7, 11) is 0. The minimum Gasteiger partial charge on any atom is -0.394 e. The van der Waals surface area contributed by atoms with E-state index in [1.807, 2.05) is 6.92 Å². The molecule has 1 heterocycles. The minimum absolute atomic E-state index is 0.402. The predicted molar refractivity (Wildman–Crippen MR) is 54.6 cm³/mol. The van der Waals surface area contributed by atoms with Gasteiger partial charge in [0, 0.05) is 6.61 Å². The van der Waals surface area contributed by atoms with Gasteiger partial charge in [0.2, 0.25) is 0 Å². The molecule has 0 aliphatic carbocycles. The fraction of sp³-hybridized carbons (Fsp3) is 1.00. The van der Waals surface area contributed by atoms with E-state index in [-0.39, 0.29) is 0 Å². The van der Waals surface area contributed by atoms with Gasteiger partial charge in [-0.3, -0.25) is 0 Å². The van der Waals surface area contributed by atoms with Crippen LogP contribution in [0.25, 0.3) is 0 Å². The molecule has 6 heteroatoms. The zero-order valence-electron chi connectivity index (χ0n) is 9.32. The molecule has 0 amide bonds. The van der Waals surface area contributed by atoms with Crippen LogP contribution in [0.1, 0.15) is 19.8 Å². The largest absolute Gasteiger partial charge is 0.394 e. The third-order valence-electron chi connectivity index (χ3n) is 2.63. The highest BCUT2D eigenvalue weighted by Gasteiger charge is 2.43. The lowest BCUT2D eigenvalue weighted by Crippen LogP contribution is -2.59. The molecule has 6 nitrogen and oxygen atoms in total. The van der Waals surface area contributed by atoms with Gasteiger partial charge in [-0.25, -0.2) is 0 Å². The third-order valence-corrected chi connectivity index (χ3v) is 2.63. The zero-order valence-corrected chi connectivity index (χ0v) is 9.32. The summed E-state index contributed by atoms with van der Waals surface area (Å²) < 4.78 is 10.4. The maximum Gasteiger partial charge on any atom is 0.186 e. The molecule has 0 saturated carbocycles. The van der Waals surface area contributed by atoms with Crippen molar-refractivity contribution in [1.29, 1.82) is 0 Å². The van der Waals surface area contributed by atoms with E-state index in [0.717, 1.165) is 12.8 Å². The Morgan fingerprint density at radius 2 is 1.81 bits per heavy atom. The van der Waals surface area contributed by atoms with Crippen molar-refractivity contribution in [2.45, 2.75) is 50.5 Å². The van der Waals surface area contributed by atoms with E-state index >= 15 is 0 Å². The third kappa shape index (κ3) is 3.13. The van der Waals surface area contributed by atoms with E-state index in [1.165, 1.54) is 0 Å². The zero-order chi connectivity index (χ0) is 12.1. The number of hydrogen-bond donors (Lipinski definition) is 4. The molecule has 0 aromatic carbocycles. The highest BCUT2D eigenvalue weighted by atomic mass is 16.7. The van der Waals surface area contributed by atoms with E-state index < -0.39 is 37.3 Å². The first-order valence-corrected chi connectivity index (χ1v) is 5.54. The van der Waals surface area contributed by atoms with Gasteiger partial charge in [-0.2, -0.15) is 0 Å². The smallest absolute Gasteiger partial charge is 0.186 e. The van der Waals surface area contributed by atoms with Crippen molar-refractivity contribution in [3.8, 4) is 0 Å². The molecule has 0 spiro atoms. The standard InChI is InChI=1S/C10H20O6/c1-2-3-4-15-10-9(14)8(13)7(12)6(5-11)16-10/h6-14H,2-5H2,1H3/t6-,7+,8+,9-,10+/m1/s1. The topological polar surface area (TPSA) is 99.4 Å². The van der Waals surface area contributed by atoms with Crippen LogP contribution in [-0.4, -0.2) is 64.3 Å². The van der Waals surface area contributed by atoms with E-state index in [1.54, 1.807) is 0 Å². The maximum absolute atomic E-state index is 9.58. The summed E-state index contributed by atoms with van der Waals surface area (Å²) in [5.41, 5.74) is 0. The van der Waals surface area contributed by atoms with Crippen LogP contribution in [0.3, 0.4) is 0 Å². The van der Waals surface area contributed by atoms with Gasteiger partial charge in [0.15, 0.2) is 6.29 Å². The molecule has 1 fully saturated rings. The van der Waals surface area contributed by atoms with Crippen molar-refractivity contribution in [1.82, 2.24) is 0 Å². The van der Waals surface area contributed by atoms with Crippen molar-refractivity contribution in [2.75, 3.05) is 13.2 Å². The quantitative estimate of drug-likeness (QED) is 0.438. The van der Waals surface area contributed by atoms with E-state index in [9.17, 15) is 15.3 Å². The van der Waals surface area contributed by atoms with Gasteiger partial charge in [0.25, 0.3) is 0 Å². The number of aliphatic hydroxyl groups excluding tert-OH is 4. The second-order valence-corrected chi connectivity index (χ2v) is 3.92. The molecule has 0 aromatic rings. The van der Waals surface area contributed by atoms with Gasteiger partial charge in [-0.05, 0) is 6.42 Å². The lowest BCUT2D eigenvalue weighted by molar-refractivity contribution is -0.301. The molecule has 0 unspecified atom stereocenters. The molecular weight excluding hydrogens is 216 g/mol. The summed E-state index contributed by atoms with van der Waals surface area (Å²) in [5, 5.41) is 37.5. The molecular formula is C10H20O6. The number of ether oxygens (including phenoxy) is 2. The Labute approximate surface area is 94.4 Å². The average Bonchev–Trinajstić information content (AvgIpc) is 2.29. The first kappa shape index (κ1) is 13.8. The average molecular weight is 236 g/mol. The lowest BCUT2D eigenvalue weighted by atomic mass is 9.99. The Kier molecular flexibility index (Phi) is 5.60. The second kappa shape index (κ2) is 6.48. The van der Waals surface area contributed by atoms with Gasteiger partial charge in [0.1, 0.15) is 24.4 Å². The lowest BCUT2D eigenvalue weighted by Gasteiger charge is -2.39. The Morgan fingerprint density at radius 3 is 2.38 bits per heavy atom. The van der Waals surface area contributed by atoms with Crippen molar-refractivity contribution in [3.05, 3.63) is 0 Å². The van der Waals surface area contributed by atoms with Crippen molar-refractivity contribution >= 4 is 0 Å². The van der Waals surface area contributed by atoms with Crippen molar-refractivity contribution in [2.24, 2.45) is 0 Å². The molecule has 1 aliphatic rings. The first-order valence-electron chi connectivity index (χ1n) is 5.54. The summed E-state index contributed by atoms with van der Waals surface area (Å²) in [6.45, 7) is 1.97. The van der Waals surface area contributed by atoms with Gasteiger partial charge < -0.3 is 29.9 Å². The van der Waals surface area contributed by atoms with Crippen molar-refractivity contribution in [3.63, 3.8) is 0 Å². The fourth-order valence-electron chi connectivity index (χ4n) is 1.55. The Balaban J connectivity index is 2.50. The SMILES string of the molecule is CCCCO[C@H]1O[C@H](CO)[C@H](O)[C@H](O)[C@H]1O. The Bertz CT molecular complexity index is 198. The van der Waals surface area contributed by atoms with Crippen LogP contribution in [0.4, 0.5) is 0 Å². The summed E-state index contributed by atoms with van der Waals surface area (Å²) in [6, 6.07) is 0. The fourth-order valence-corrected chi connectivity index (χ4v) is 1.55. The number of unbranched alkanes of at least 4 members (excludes halogenated alkanes) is 1. The van der Waals surface area contributed by atoms with E-state index in [0.29, 0.717) is 6.61 Å². The Morgan fingerprint density at radius 1 is 1.12 bits per heavy atom. The van der Waals surface area contributed by atoms with Gasteiger partial charge in [0.05, 0.1) is 6.61 Å². The summed E-state index contributed by atoms with van der Waals surface area (Å²) in [4.78, 5) is 0. The van der Waals surface area contributed by atoms with Gasteiger partial charge in [-0.15, -0.1) is 0 Å². The van der Waals surface area contributed by atoms with Crippen LogP contribution in [0.2, 0.25) is 0 Å². The van der Waals surface area contributed by atoms with Crippen molar-refractivity contribution < 1.29 is 29.9 Å². The molecule has 4 N–H and O–H groups in total. The van der Waals surface area contributed by atoms with E-state index in [4.69, 9.17) is 14.6 Å². The molecule has 96 valence electrons. The normalized spacial score (nSPS) is 39.9. The second-order valence-electron chi connectivity index (χ2n) is 3.92. The van der Waals surface area contributed by atoms with Gasteiger partial charge in [-0.1, -0.05) is 13.3 Å². The molecule has 0 bridgehead atoms. The molecule has 0 aromatic heterocycles.